The van der Waals surface area contributed by atoms with E-state index in [9.17, 15) is 18.1 Å². The minimum atomic E-state index is -4.34. The van der Waals surface area contributed by atoms with Gasteiger partial charge in [0.2, 0.25) is 0 Å². The molecule has 0 saturated heterocycles. The Morgan fingerprint density at radius 1 is 1.02 bits per heavy atom. The zero-order valence-electron chi connectivity index (χ0n) is 25.2. The summed E-state index contributed by atoms with van der Waals surface area (Å²) in [5.41, 5.74) is -1.27. The molecule has 5 rings (SSSR count). The third-order valence-electron chi connectivity index (χ3n) is 6.33. The van der Waals surface area contributed by atoms with E-state index in [0.717, 1.165) is 47.1 Å². The number of benzene rings is 2. The number of nitrogens with zero attached hydrogens (tertiary/aromatic N) is 3. The van der Waals surface area contributed by atoms with Gasteiger partial charge in [0.25, 0.3) is 5.91 Å². The number of rotatable bonds is 9. The van der Waals surface area contributed by atoms with Crippen LogP contribution >= 0.6 is 19.4 Å². The van der Waals surface area contributed by atoms with Gasteiger partial charge in [-0.05, 0) is 84.7 Å². The quantitative estimate of drug-likeness (QED) is 0.131. The highest BCUT2D eigenvalue weighted by atomic mass is 35.5. The number of fused-ring (bicyclic) bond motifs is 1. The number of phosphoric ester groups is 1. The Morgan fingerprint density at radius 3 is 2.20 bits per heavy atom. The second kappa shape index (κ2) is 11.9. The first kappa shape index (κ1) is 32.2. The summed E-state index contributed by atoms with van der Waals surface area (Å²) in [5.74, 6) is -2.17. The minimum absolute atomic E-state index is 0.148. The van der Waals surface area contributed by atoms with Crippen LogP contribution in [0.4, 0.5) is 14.6 Å². The molecule has 13 heteroatoms. The smallest absolute Gasteiger partial charge is 0.461 e. The molecule has 2 aromatic heterocycles. The molecule has 1 fully saturated rings. The molecule has 2 heterocycles. The zero-order chi connectivity index (χ0) is 32.0. The standard InChI is InChI=1S/C31H33ClF2N3O6P/c1-30(2,3)42-44(39,43-31(4,5)6)40-17-37(29(38)28-22(33)8-7-9-23(28)34)27-16-35-24(15-36-27)20-14-26-19(12-21(20)32)13-25(41-26)18-10-11-18/h7-9,12-16,18H,10-11,17H2,1-6H3. The molecule has 1 aliphatic rings. The highest BCUT2D eigenvalue weighted by molar-refractivity contribution is 7.48. The molecule has 0 spiro atoms. The molecule has 4 aromatic rings. The number of carbonyl (C=O) groups excluding carboxylic acids is 1. The normalized spacial score (nSPS) is 14.3. The van der Waals surface area contributed by atoms with Gasteiger partial charge in [0.1, 0.15) is 35.3 Å². The molecule has 1 amide bonds. The van der Waals surface area contributed by atoms with Gasteiger partial charge in [-0.3, -0.25) is 28.2 Å². The Hall–Kier alpha value is -3.21. The lowest BCUT2D eigenvalue weighted by Gasteiger charge is -2.32. The Balaban J connectivity index is 1.49. The molecule has 234 valence electrons. The lowest BCUT2D eigenvalue weighted by molar-refractivity contribution is 0.00372. The molecule has 1 aliphatic carbocycles. The lowest BCUT2D eigenvalue weighted by atomic mass is 10.1. The van der Waals surface area contributed by atoms with Crippen molar-refractivity contribution in [2.24, 2.45) is 0 Å². The molecule has 0 radical (unpaired) electrons. The van der Waals surface area contributed by atoms with E-state index in [0.29, 0.717) is 27.8 Å². The molecule has 9 nitrogen and oxygen atoms in total. The van der Waals surface area contributed by atoms with E-state index in [1.54, 1.807) is 53.7 Å². The Kier molecular flexibility index (Phi) is 8.74. The van der Waals surface area contributed by atoms with Gasteiger partial charge in [-0.1, -0.05) is 17.7 Å². The van der Waals surface area contributed by atoms with Crippen LogP contribution in [0.5, 0.6) is 0 Å². The van der Waals surface area contributed by atoms with Crippen LogP contribution < -0.4 is 4.90 Å². The fraction of sp³-hybridized carbons (Fsp3) is 0.387. The number of carbonyl (C=O) groups is 1. The van der Waals surface area contributed by atoms with E-state index in [-0.39, 0.29) is 5.82 Å². The van der Waals surface area contributed by atoms with Crippen molar-refractivity contribution in [3.05, 3.63) is 76.8 Å². The Morgan fingerprint density at radius 2 is 1.66 bits per heavy atom. The fourth-order valence-electron chi connectivity index (χ4n) is 4.38. The van der Waals surface area contributed by atoms with Crippen molar-refractivity contribution in [1.29, 1.82) is 0 Å². The SMILES string of the molecule is CC(C)(C)OP(=O)(OCN(C(=O)c1c(F)cccc1F)c1cnc(-c2cc3oc(C4CC4)cc3cc2Cl)cn1)OC(C)(C)C. The van der Waals surface area contributed by atoms with Crippen molar-refractivity contribution in [2.75, 3.05) is 11.6 Å². The van der Waals surface area contributed by atoms with Crippen LogP contribution in [0, 0.1) is 11.6 Å². The summed E-state index contributed by atoms with van der Waals surface area (Å²) >= 11 is 6.58. The molecule has 0 unspecified atom stereocenters. The Bertz CT molecular complexity index is 1710. The summed E-state index contributed by atoms with van der Waals surface area (Å²) in [6.07, 6.45) is 4.74. The summed E-state index contributed by atoms with van der Waals surface area (Å²) in [7, 11) is -4.34. The van der Waals surface area contributed by atoms with Gasteiger partial charge in [0.05, 0.1) is 34.3 Å². The van der Waals surface area contributed by atoms with Crippen molar-refractivity contribution in [3.63, 3.8) is 0 Å². The number of phosphoric acid groups is 1. The van der Waals surface area contributed by atoms with Gasteiger partial charge < -0.3 is 4.42 Å². The van der Waals surface area contributed by atoms with Crippen molar-refractivity contribution >= 4 is 42.1 Å². The summed E-state index contributed by atoms with van der Waals surface area (Å²) in [6.45, 7) is 9.09. The maximum absolute atomic E-state index is 14.7. The number of aromatic nitrogens is 2. The van der Waals surface area contributed by atoms with Crippen molar-refractivity contribution < 1.29 is 36.1 Å². The van der Waals surface area contributed by atoms with E-state index < -0.39 is 48.9 Å². The van der Waals surface area contributed by atoms with Crippen LogP contribution in [0.15, 0.2) is 53.2 Å². The number of halogens is 3. The molecule has 0 atom stereocenters. The largest absolute Gasteiger partial charge is 0.477 e. The van der Waals surface area contributed by atoms with Gasteiger partial charge in [0.15, 0.2) is 5.82 Å². The number of hydrogen-bond donors (Lipinski definition) is 0. The number of furan rings is 1. The van der Waals surface area contributed by atoms with Crippen LogP contribution in [0.3, 0.4) is 0 Å². The first-order valence-electron chi connectivity index (χ1n) is 14.0. The van der Waals surface area contributed by atoms with E-state index >= 15 is 0 Å². The van der Waals surface area contributed by atoms with Gasteiger partial charge in [-0.15, -0.1) is 0 Å². The van der Waals surface area contributed by atoms with Crippen LogP contribution in [-0.2, 0) is 18.1 Å². The van der Waals surface area contributed by atoms with Crippen LogP contribution in [0.1, 0.15) is 76.4 Å². The lowest BCUT2D eigenvalue weighted by Crippen LogP contribution is -2.36. The number of anilines is 1. The van der Waals surface area contributed by atoms with Crippen molar-refractivity contribution in [2.45, 2.75) is 71.5 Å². The topological polar surface area (TPSA) is 104 Å². The van der Waals surface area contributed by atoms with E-state index in [4.69, 9.17) is 29.6 Å². The van der Waals surface area contributed by atoms with Gasteiger partial charge in [0, 0.05) is 16.9 Å². The molecule has 2 aromatic carbocycles. The molecular weight excluding hydrogens is 615 g/mol. The summed E-state index contributed by atoms with van der Waals surface area (Å²) in [4.78, 5) is 23.1. The summed E-state index contributed by atoms with van der Waals surface area (Å²) < 4.78 is 66.0. The highest BCUT2D eigenvalue weighted by Gasteiger charge is 2.39. The number of amides is 1. The molecule has 44 heavy (non-hydrogen) atoms. The van der Waals surface area contributed by atoms with Gasteiger partial charge in [-0.25, -0.2) is 18.3 Å². The van der Waals surface area contributed by atoms with E-state index in [2.05, 4.69) is 9.97 Å². The van der Waals surface area contributed by atoms with Crippen molar-refractivity contribution in [3.8, 4) is 11.3 Å². The third-order valence-corrected chi connectivity index (χ3v) is 8.62. The average molecular weight is 648 g/mol. The van der Waals surface area contributed by atoms with E-state index in [1.807, 2.05) is 6.07 Å². The van der Waals surface area contributed by atoms with Crippen LogP contribution in [-0.4, -0.2) is 33.8 Å². The first-order valence-corrected chi connectivity index (χ1v) is 15.8. The monoisotopic (exact) mass is 647 g/mol. The second-order valence-electron chi connectivity index (χ2n) is 12.5. The third kappa shape index (κ3) is 7.53. The second-order valence-corrected chi connectivity index (χ2v) is 14.4. The summed E-state index contributed by atoms with van der Waals surface area (Å²) in [5, 5.41) is 1.28. The highest BCUT2D eigenvalue weighted by Crippen LogP contribution is 2.55. The predicted octanol–water partition coefficient (Wildman–Crippen LogP) is 9.06. The maximum Gasteiger partial charge on any atom is 0.477 e. The first-order chi connectivity index (χ1) is 20.5. The van der Waals surface area contributed by atoms with Crippen LogP contribution in [0.25, 0.3) is 22.2 Å². The summed E-state index contributed by atoms with van der Waals surface area (Å²) in [6, 6.07) is 8.55. The minimum Gasteiger partial charge on any atom is -0.461 e. The van der Waals surface area contributed by atoms with Crippen LogP contribution in [0.2, 0.25) is 5.02 Å². The zero-order valence-corrected chi connectivity index (χ0v) is 26.8. The fourth-order valence-corrected chi connectivity index (χ4v) is 6.39. The molecule has 0 bridgehead atoms. The molecule has 0 N–H and O–H groups in total. The Labute approximate surface area is 259 Å². The maximum atomic E-state index is 14.7. The molecule has 1 saturated carbocycles. The number of hydrogen-bond acceptors (Lipinski definition) is 8. The average Bonchev–Trinajstić information content (AvgIpc) is 3.66. The molecule has 0 aliphatic heterocycles. The van der Waals surface area contributed by atoms with E-state index in [1.165, 1.54) is 12.4 Å². The molecular formula is C31H33ClF2N3O6P. The van der Waals surface area contributed by atoms with Crippen molar-refractivity contribution in [1.82, 2.24) is 9.97 Å². The predicted molar refractivity (Wildman–Crippen MR) is 163 cm³/mol. The van der Waals surface area contributed by atoms with Gasteiger partial charge >= 0.3 is 7.82 Å². The van der Waals surface area contributed by atoms with Gasteiger partial charge in [-0.2, -0.15) is 0 Å².